The maximum Gasteiger partial charge on any atom is 0.311 e. The number of esters is 4. The first kappa shape index (κ1) is 31.8. The van der Waals surface area contributed by atoms with Gasteiger partial charge < -0.3 is 29.4 Å². The lowest BCUT2D eigenvalue weighted by molar-refractivity contribution is -0.259. The standard InChI is InChI=1S/C26H45NO9/c1-23(2,3)19(28)32-13-14-15(34-20(29)24(4,5)6)16(35-21(30)25(7,8)9)17(18(27)33-14)36-22(31)26(10,11)12/h14-18H,13,27H2,1-12H3/t14-,15+,16+,17+,18-/m0/s1. The Morgan fingerprint density at radius 2 is 0.917 bits per heavy atom. The minimum absolute atomic E-state index is 0.324. The van der Waals surface area contributed by atoms with Crippen LogP contribution in [0.4, 0.5) is 0 Å². The van der Waals surface area contributed by atoms with E-state index in [1.165, 1.54) is 0 Å². The van der Waals surface area contributed by atoms with Crippen LogP contribution in [0.1, 0.15) is 83.1 Å². The topological polar surface area (TPSA) is 140 Å². The van der Waals surface area contributed by atoms with Gasteiger partial charge in [0.25, 0.3) is 0 Å². The molecule has 1 saturated heterocycles. The molecule has 1 heterocycles. The molecule has 0 spiro atoms. The van der Waals surface area contributed by atoms with Gasteiger partial charge in [-0.2, -0.15) is 0 Å². The van der Waals surface area contributed by atoms with Crippen molar-refractivity contribution in [3.63, 3.8) is 0 Å². The van der Waals surface area contributed by atoms with Crippen LogP contribution >= 0.6 is 0 Å². The summed E-state index contributed by atoms with van der Waals surface area (Å²) in [7, 11) is 0. The highest BCUT2D eigenvalue weighted by molar-refractivity contribution is 5.78. The van der Waals surface area contributed by atoms with Gasteiger partial charge in [0.05, 0.1) is 21.7 Å². The Balaban J connectivity index is 3.50. The molecule has 0 bridgehead atoms. The Hall–Kier alpha value is -2.20. The van der Waals surface area contributed by atoms with Crippen molar-refractivity contribution in [3.8, 4) is 0 Å². The molecule has 0 radical (unpaired) electrons. The molecule has 1 rings (SSSR count). The molecule has 0 aromatic carbocycles. The fraction of sp³-hybridized carbons (Fsp3) is 0.846. The molecule has 0 amide bonds. The third-order valence-corrected chi connectivity index (χ3v) is 5.23. The molecular formula is C26H45NO9. The third-order valence-electron chi connectivity index (χ3n) is 5.23. The maximum absolute atomic E-state index is 12.9. The Kier molecular flexibility index (Phi) is 9.77. The number of nitrogens with two attached hydrogens (primary N) is 1. The third kappa shape index (κ3) is 8.73. The van der Waals surface area contributed by atoms with Crippen LogP contribution in [-0.2, 0) is 42.9 Å². The molecule has 2 N–H and O–H groups in total. The van der Waals surface area contributed by atoms with Crippen LogP contribution in [0.15, 0.2) is 0 Å². The highest BCUT2D eigenvalue weighted by atomic mass is 16.7. The smallest absolute Gasteiger partial charge is 0.311 e. The van der Waals surface area contributed by atoms with E-state index in [1.807, 2.05) is 0 Å². The number of carbonyl (C=O) groups is 4. The van der Waals surface area contributed by atoms with E-state index in [2.05, 4.69) is 0 Å². The van der Waals surface area contributed by atoms with Crippen molar-refractivity contribution in [2.75, 3.05) is 6.61 Å². The number of hydrogen-bond donors (Lipinski definition) is 1. The summed E-state index contributed by atoms with van der Waals surface area (Å²) in [5, 5.41) is 0. The zero-order chi connectivity index (χ0) is 28.4. The Morgan fingerprint density at radius 3 is 1.28 bits per heavy atom. The van der Waals surface area contributed by atoms with Gasteiger partial charge in [0.2, 0.25) is 0 Å². The normalized spacial score (nSPS) is 25.5. The van der Waals surface area contributed by atoms with Gasteiger partial charge in [-0.15, -0.1) is 0 Å². The van der Waals surface area contributed by atoms with Gasteiger partial charge in [0.15, 0.2) is 18.3 Å². The Morgan fingerprint density at radius 1 is 0.583 bits per heavy atom. The van der Waals surface area contributed by atoms with Crippen LogP contribution in [0.5, 0.6) is 0 Å². The van der Waals surface area contributed by atoms with Crippen LogP contribution < -0.4 is 5.73 Å². The average molecular weight is 516 g/mol. The van der Waals surface area contributed by atoms with Crippen molar-refractivity contribution < 1.29 is 42.9 Å². The molecule has 10 heteroatoms. The quantitative estimate of drug-likeness (QED) is 0.429. The molecule has 0 aliphatic carbocycles. The average Bonchev–Trinajstić information content (AvgIpc) is 2.67. The molecule has 0 saturated carbocycles. The maximum atomic E-state index is 12.9. The highest BCUT2D eigenvalue weighted by Crippen LogP contribution is 2.32. The van der Waals surface area contributed by atoms with E-state index in [0.717, 1.165) is 0 Å². The molecule has 0 unspecified atom stereocenters. The summed E-state index contributed by atoms with van der Waals surface area (Å²) in [4.78, 5) is 51.0. The second kappa shape index (κ2) is 11.0. The summed E-state index contributed by atoms with van der Waals surface area (Å²) >= 11 is 0. The Bertz CT molecular complexity index is 824. The lowest BCUT2D eigenvalue weighted by Crippen LogP contribution is -2.65. The zero-order valence-electron chi connectivity index (χ0n) is 23.8. The summed E-state index contributed by atoms with van der Waals surface area (Å²) < 4.78 is 28.5. The van der Waals surface area contributed by atoms with Crippen molar-refractivity contribution in [3.05, 3.63) is 0 Å². The molecular weight excluding hydrogens is 470 g/mol. The summed E-state index contributed by atoms with van der Waals surface area (Å²) in [6.45, 7) is 19.7. The van der Waals surface area contributed by atoms with E-state index in [-0.39, 0.29) is 6.61 Å². The van der Waals surface area contributed by atoms with E-state index in [0.29, 0.717) is 0 Å². The predicted molar refractivity (Wildman–Crippen MR) is 131 cm³/mol. The molecule has 10 nitrogen and oxygen atoms in total. The monoisotopic (exact) mass is 515 g/mol. The second-order valence-corrected chi connectivity index (χ2v) is 13.3. The summed E-state index contributed by atoms with van der Waals surface area (Å²) in [5.41, 5.74) is 2.71. The second-order valence-electron chi connectivity index (χ2n) is 13.3. The number of hydrogen-bond acceptors (Lipinski definition) is 10. The van der Waals surface area contributed by atoms with Crippen LogP contribution in [0.3, 0.4) is 0 Å². The molecule has 0 aromatic heterocycles. The van der Waals surface area contributed by atoms with Gasteiger partial charge >= 0.3 is 23.9 Å². The number of rotatable bonds is 5. The van der Waals surface area contributed by atoms with Gasteiger partial charge in [0.1, 0.15) is 18.9 Å². The minimum atomic E-state index is -1.31. The fourth-order valence-electron chi connectivity index (χ4n) is 2.76. The lowest BCUT2D eigenvalue weighted by atomic mass is 9.92. The van der Waals surface area contributed by atoms with Crippen molar-refractivity contribution in [1.29, 1.82) is 0 Å². The van der Waals surface area contributed by atoms with E-state index in [9.17, 15) is 19.2 Å². The van der Waals surface area contributed by atoms with Crippen molar-refractivity contribution in [1.82, 2.24) is 0 Å². The fourth-order valence-corrected chi connectivity index (χ4v) is 2.76. The molecule has 5 atom stereocenters. The van der Waals surface area contributed by atoms with Crippen molar-refractivity contribution in [2.45, 2.75) is 114 Å². The van der Waals surface area contributed by atoms with Crippen molar-refractivity contribution >= 4 is 23.9 Å². The molecule has 1 aliphatic heterocycles. The Labute approximate surface area is 214 Å². The lowest BCUT2D eigenvalue weighted by Gasteiger charge is -2.45. The van der Waals surface area contributed by atoms with E-state index < -0.39 is 76.2 Å². The predicted octanol–water partition coefficient (Wildman–Crippen LogP) is 3.13. The molecule has 1 fully saturated rings. The van der Waals surface area contributed by atoms with Gasteiger partial charge in [-0.1, -0.05) is 0 Å². The number of carbonyl (C=O) groups excluding carboxylic acids is 4. The van der Waals surface area contributed by atoms with Gasteiger partial charge in [-0.3, -0.25) is 19.2 Å². The summed E-state index contributed by atoms with van der Waals surface area (Å²) in [6.07, 6.45) is -6.20. The van der Waals surface area contributed by atoms with Gasteiger partial charge in [-0.05, 0) is 83.1 Å². The molecule has 1 aliphatic rings. The molecule has 208 valence electrons. The van der Waals surface area contributed by atoms with Gasteiger partial charge in [0, 0.05) is 0 Å². The first-order valence-electron chi connectivity index (χ1n) is 12.2. The van der Waals surface area contributed by atoms with Crippen LogP contribution in [0.25, 0.3) is 0 Å². The van der Waals surface area contributed by atoms with E-state index >= 15 is 0 Å². The van der Waals surface area contributed by atoms with Crippen molar-refractivity contribution in [2.24, 2.45) is 27.4 Å². The summed E-state index contributed by atoms with van der Waals surface area (Å²) in [5.74, 6) is -2.36. The highest BCUT2D eigenvalue weighted by Gasteiger charge is 2.53. The summed E-state index contributed by atoms with van der Waals surface area (Å²) in [6, 6.07) is 0. The van der Waals surface area contributed by atoms with Crippen LogP contribution in [-0.4, -0.2) is 61.1 Å². The minimum Gasteiger partial charge on any atom is -0.462 e. The SMILES string of the molecule is CC(C)(C)C(=O)OC[C@@H]1O[C@H](N)[C@H](OC(=O)C(C)(C)C)[C@H](OC(=O)C(C)(C)C)[C@@H]1OC(=O)C(C)(C)C. The van der Waals surface area contributed by atoms with E-state index in [4.69, 9.17) is 29.4 Å². The molecule has 0 aromatic rings. The zero-order valence-corrected chi connectivity index (χ0v) is 23.8. The van der Waals surface area contributed by atoms with E-state index in [1.54, 1.807) is 83.1 Å². The molecule has 36 heavy (non-hydrogen) atoms. The first-order chi connectivity index (χ1) is 16.0. The number of ether oxygens (including phenoxy) is 5. The largest absolute Gasteiger partial charge is 0.462 e. The van der Waals surface area contributed by atoms with Crippen LogP contribution in [0, 0.1) is 21.7 Å². The first-order valence-corrected chi connectivity index (χ1v) is 12.2. The van der Waals surface area contributed by atoms with Gasteiger partial charge in [-0.25, -0.2) is 0 Å². The van der Waals surface area contributed by atoms with Crippen LogP contribution in [0.2, 0.25) is 0 Å².